The molecule has 0 bridgehead atoms. The quantitative estimate of drug-likeness (QED) is 0.0613. The van der Waals surface area contributed by atoms with E-state index in [0.29, 0.717) is 30.6 Å². The number of aromatic nitrogens is 3. The zero-order chi connectivity index (χ0) is 35.3. The van der Waals surface area contributed by atoms with E-state index in [2.05, 4.69) is 28.8 Å². The van der Waals surface area contributed by atoms with Gasteiger partial charge in [-0.15, -0.1) is 0 Å². The molecule has 2 unspecified atom stereocenters. The van der Waals surface area contributed by atoms with Gasteiger partial charge < -0.3 is 35.0 Å². The van der Waals surface area contributed by atoms with Crippen LogP contribution in [0.3, 0.4) is 0 Å². The van der Waals surface area contributed by atoms with E-state index in [1.165, 1.54) is 30.3 Å². The van der Waals surface area contributed by atoms with Gasteiger partial charge in [0.1, 0.15) is 28.7 Å². The van der Waals surface area contributed by atoms with E-state index in [4.69, 9.17) is 9.47 Å². The molecule has 1 aromatic heterocycles. The molecular weight excluding hydrogens is 630 g/mol. The van der Waals surface area contributed by atoms with E-state index in [9.17, 15) is 35.1 Å². The summed E-state index contributed by atoms with van der Waals surface area (Å²) in [5.41, 5.74) is 0.900. The second kappa shape index (κ2) is 17.7. The number of aromatic hydroxyl groups is 3. The van der Waals surface area contributed by atoms with Crippen LogP contribution in [0.15, 0.2) is 60.7 Å². The first kappa shape index (κ1) is 36.4. The van der Waals surface area contributed by atoms with Crippen molar-refractivity contribution >= 4 is 11.9 Å². The Hall–Kier alpha value is -5.39. The number of phenols is 3. The highest BCUT2D eigenvalue weighted by Gasteiger charge is 2.22. The predicted octanol–water partition coefficient (Wildman–Crippen LogP) is 7.59. The van der Waals surface area contributed by atoms with Crippen LogP contribution >= 0.6 is 0 Å². The molecule has 5 N–H and O–H groups in total. The summed E-state index contributed by atoms with van der Waals surface area (Å²) in [6.45, 7) is 4.16. The predicted molar refractivity (Wildman–Crippen MR) is 183 cm³/mol. The average molecular weight is 674 g/mol. The molecule has 49 heavy (non-hydrogen) atoms. The fourth-order valence-corrected chi connectivity index (χ4v) is 5.22. The largest absolute Gasteiger partial charge is 0.508 e. The summed E-state index contributed by atoms with van der Waals surface area (Å²) in [6, 6.07) is 14.8. The summed E-state index contributed by atoms with van der Waals surface area (Å²) < 4.78 is 11.5. The van der Waals surface area contributed by atoms with Crippen molar-refractivity contribution in [3.8, 4) is 62.9 Å². The van der Waals surface area contributed by atoms with Gasteiger partial charge in [-0.05, 0) is 74.2 Å². The Balaban J connectivity index is 1.65. The second-order valence-corrected chi connectivity index (χ2v) is 11.8. The first-order chi connectivity index (χ1) is 23.6. The zero-order valence-corrected chi connectivity index (χ0v) is 27.7. The summed E-state index contributed by atoms with van der Waals surface area (Å²) in [4.78, 5) is 37.2. The number of carboxylic acid groups (broad SMARTS) is 2. The molecular formula is C37H43N3O9. The molecule has 0 saturated heterocycles. The van der Waals surface area contributed by atoms with Gasteiger partial charge in [0.05, 0.1) is 11.1 Å². The number of aliphatic carboxylic acids is 2. The van der Waals surface area contributed by atoms with Crippen LogP contribution in [0.2, 0.25) is 0 Å². The third-order valence-corrected chi connectivity index (χ3v) is 7.93. The Morgan fingerprint density at radius 3 is 1.55 bits per heavy atom. The second-order valence-electron chi connectivity index (χ2n) is 11.8. The van der Waals surface area contributed by atoms with Crippen LogP contribution < -0.4 is 9.47 Å². The number of carboxylic acids is 2. The van der Waals surface area contributed by atoms with Gasteiger partial charge in [-0.2, -0.15) is 0 Å². The Bertz CT molecular complexity index is 1710. The first-order valence-electron chi connectivity index (χ1n) is 16.6. The van der Waals surface area contributed by atoms with Crippen LogP contribution in [-0.4, -0.2) is 64.6 Å². The highest BCUT2D eigenvalue weighted by atomic mass is 16.5. The fraction of sp³-hybridized carbons (Fsp3) is 0.378. The number of hydrogen-bond donors (Lipinski definition) is 5. The third-order valence-electron chi connectivity index (χ3n) is 7.93. The number of hydrogen-bond acceptors (Lipinski definition) is 10. The normalized spacial score (nSPS) is 12.3. The maximum Gasteiger partial charge on any atom is 0.344 e. The minimum Gasteiger partial charge on any atom is -0.508 e. The summed E-state index contributed by atoms with van der Waals surface area (Å²) in [5, 5.41) is 50.8. The van der Waals surface area contributed by atoms with Crippen molar-refractivity contribution in [2.75, 3.05) is 0 Å². The molecule has 260 valence electrons. The number of ether oxygens (including phenoxy) is 2. The lowest BCUT2D eigenvalue weighted by atomic mass is 10.1. The van der Waals surface area contributed by atoms with E-state index in [-0.39, 0.29) is 51.6 Å². The maximum absolute atomic E-state index is 11.8. The van der Waals surface area contributed by atoms with Crippen LogP contribution in [0.25, 0.3) is 34.2 Å². The molecule has 4 aromatic rings. The molecule has 1 heterocycles. The van der Waals surface area contributed by atoms with Crippen molar-refractivity contribution in [2.24, 2.45) is 0 Å². The highest BCUT2D eigenvalue weighted by Crippen LogP contribution is 2.36. The molecule has 0 amide bonds. The minimum absolute atomic E-state index is 0.0456. The Morgan fingerprint density at radius 1 is 0.592 bits per heavy atom. The van der Waals surface area contributed by atoms with Crippen LogP contribution in [0.1, 0.15) is 78.1 Å². The topological polar surface area (TPSA) is 192 Å². The molecule has 0 fully saturated rings. The van der Waals surface area contributed by atoms with Crippen LogP contribution in [0, 0.1) is 0 Å². The first-order valence-corrected chi connectivity index (χ1v) is 16.6. The van der Waals surface area contributed by atoms with Crippen molar-refractivity contribution < 1.29 is 44.6 Å². The van der Waals surface area contributed by atoms with Gasteiger partial charge in [-0.1, -0.05) is 52.4 Å². The van der Waals surface area contributed by atoms with Crippen LogP contribution in [0.4, 0.5) is 0 Å². The molecule has 4 rings (SSSR count). The summed E-state index contributed by atoms with van der Waals surface area (Å²) in [6.07, 6.45) is 6.00. The van der Waals surface area contributed by atoms with E-state index in [0.717, 1.165) is 51.0 Å². The lowest BCUT2D eigenvalue weighted by Gasteiger charge is -2.16. The number of carbonyl (C=O) groups is 2. The Kier molecular flexibility index (Phi) is 13.1. The van der Waals surface area contributed by atoms with E-state index in [1.807, 2.05) is 0 Å². The SMILES string of the molecule is CCCCCCC(Oc1ccc(-c2nc(-c3ccc(O)cc3O)nc(-c3ccc(OC(CCCCCC)C(=O)O)cc3O)n2)cc1)C(=O)O. The summed E-state index contributed by atoms with van der Waals surface area (Å²) in [7, 11) is 0. The van der Waals surface area contributed by atoms with Crippen LogP contribution in [0.5, 0.6) is 28.7 Å². The van der Waals surface area contributed by atoms with Gasteiger partial charge in [-0.3, -0.25) is 0 Å². The van der Waals surface area contributed by atoms with E-state index in [1.54, 1.807) is 24.3 Å². The molecule has 0 aliphatic heterocycles. The maximum atomic E-state index is 11.8. The molecule has 0 aliphatic carbocycles. The molecule has 0 radical (unpaired) electrons. The molecule has 12 heteroatoms. The third kappa shape index (κ3) is 10.3. The molecule has 3 aromatic carbocycles. The monoisotopic (exact) mass is 673 g/mol. The summed E-state index contributed by atoms with van der Waals surface area (Å²) >= 11 is 0. The Labute approximate surface area is 285 Å². The number of rotatable bonds is 19. The van der Waals surface area contributed by atoms with Crippen molar-refractivity contribution in [3.63, 3.8) is 0 Å². The lowest BCUT2D eigenvalue weighted by molar-refractivity contribution is -0.146. The van der Waals surface area contributed by atoms with Crippen LogP contribution in [-0.2, 0) is 9.59 Å². The van der Waals surface area contributed by atoms with Gasteiger partial charge in [-0.25, -0.2) is 24.5 Å². The molecule has 12 nitrogen and oxygen atoms in total. The number of benzene rings is 3. The number of unbranched alkanes of at least 4 members (excludes halogenated alkanes) is 6. The van der Waals surface area contributed by atoms with Gasteiger partial charge in [0.15, 0.2) is 29.7 Å². The lowest BCUT2D eigenvalue weighted by Crippen LogP contribution is -2.26. The summed E-state index contributed by atoms with van der Waals surface area (Å²) in [5.74, 6) is -2.06. The van der Waals surface area contributed by atoms with Crippen molar-refractivity contribution in [2.45, 2.75) is 90.3 Å². The van der Waals surface area contributed by atoms with Gasteiger partial charge in [0.2, 0.25) is 0 Å². The van der Waals surface area contributed by atoms with Gasteiger partial charge in [0, 0.05) is 17.7 Å². The smallest absolute Gasteiger partial charge is 0.344 e. The standard InChI is InChI=1S/C37H43N3O9/c1-3-5-7-9-11-31(36(44)45)48-25-16-13-23(14-17-25)33-38-34(27-19-15-24(41)21-29(27)42)40-35(39-33)28-20-18-26(22-30(28)43)49-32(37(46)47)12-10-8-6-4-2/h13-22,31-32,41-43H,3-12H2,1-2H3,(H,44,45)(H,46,47). The molecule has 2 atom stereocenters. The zero-order valence-electron chi connectivity index (χ0n) is 27.7. The van der Waals surface area contributed by atoms with Crippen molar-refractivity contribution in [1.29, 1.82) is 0 Å². The van der Waals surface area contributed by atoms with Crippen molar-refractivity contribution in [3.05, 3.63) is 60.7 Å². The average Bonchev–Trinajstić information content (AvgIpc) is 3.07. The van der Waals surface area contributed by atoms with E-state index < -0.39 is 24.1 Å². The Morgan fingerprint density at radius 2 is 1.06 bits per heavy atom. The van der Waals surface area contributed by atoms with Crippen molar-refractivity contribution in [1.82, 2.24) is 15.0 Å². The van der Waals surface area contributed by atoms with E-state index >= 15 is 0 Å². The molecule has 0 aliphatic rings. The number of nitrogens with zero attached hydrogens (tertiary/aromatic N) is 3. The molecule has 0 saturated carbocycles. The highest BCUT2D eigenvalue weighted by molar-refractivity contribution is 5.75. The van der Waals surface area contributed by atoms with Gasteiger partial charge >= 0.3 is 11.9 Å². The van der Waals surface area contributed by atoms with Gasteiger partial charge in [0.25, 0.3) is 0 Å². The minimum atomic E-state index is -1.10. The number of phenolic OH excluding ortho intramolecular Hbond substituents is 3. The fourth-order valence-electron chi connectivity index (χ4n) is 5.22. The molecule has 0 spiro atoms.